The van der Waals surface area contributed by atoms with Gasteiger partial charge in [-0.3, -0.25) is 0 Å². The molecule has 0 aromatic heterocycles. The summed E-state index contributed by atoms with van der Waals surface area (Å²) >= 11 is 0. The fourth-order valence-corrected chi connectivity index (χ4v) is 2.87. The van der Waals surface area contributed by atoms with Crippen LogP contribution < -0.4 is 9.47 Å². The first-order valence-corrected chi connectivity index (χ1v) is 8.89. The fraction of sp³-hybridized carbons (Fsp3) is 0.579. The Kier molecular flexibility index (Phi) is 7.70. The lowest BCUT2D eigenvalue weighted by atomic mass is 10.1. The van der Waals surface area contributed by atoms with Gasteiger partial charge in [-0.05, 0) is 25.9 Å². The van der Waals surface area contributed by atoms with E-state index < -0.39 is 6.10 Å². The van der Waals surface area contributed by atoms with Gasteiger partial charge in [0.1, 0.15) is 18.8 Å². The second-order valence-electron chi connectivity index (χ2n) is 6.67. The monoisotopic (exact) mass is 360 g/mol. The first-order chi connectivity index (χ1) is 12.5. The summed E-state index contributed by atoms with van der Waals surface area (Å²) in [6, 6.07) is 5.39. The molecule has 1 aromatic rings. The van der Waals surface area contributed by atoms with E-state index in [-0.39, 0.29) is 6.61 Å². The molecule has 142 valence electrons. The van der Waals surface area contributed by atoms with Gasteiger partial charge in [0, 0.05) is 32.8 Å². The zero-order valence-electron chi connectivity index (χ0n) is 15.8. The molecule has 1 aromatic carbocycles. The molecule has 0 radical (unpaired) electrons. The Hall–Kier alpha value is -2.30. The standard InChI is InChI=1S/C19H28N4O3/c1-22(2)14-21-17-10-19(18(25-3)9-15(17)11-20)26-13-16(24)12-23-7-5-4-6-8-23/h9-10,14,16,24H,4-8,12-13H2,1-3H3/b21-14-/t16-/m0/s1. The Morgan fingerprint density at radius 3 is 2.65 bits per heavy atom. The second kappa shape index (κ2) is 10.00. The SMILES string of the molecule is COc1cc(C#N)c(/N=C\N(C)C)cc1OC[C@@H](O)CN1CCCCC1. The first kappa shape index (κ1) is 20.0. The van der Waals surface area contributed by atoms with Crippen molar-refractivity contribution in [3.63, 3.8) is 0 Å². The maximum atomic E-state index is 10.3. The smallest absolute Gasteiger partial charge is 0.163 e. The number of piperidine rings is 1. The molecule has 7 nitrogen and oxygen atoms in total. The van der Waals surface area contributed by atoms with Gasteiger partial charge in [0.05, 0.1) is 24.7 Å². The summed E-state index contributed by atoms with van der Waals surface area (Å²) in [5.74, 6) is 0.922. The Bertz CT molecular complexity index is 649. The molecule has 0 saturated carbocycles. The molecule has 0 bridgehead atoms. The number of methoxy groups -OCH3 is 1. The summed E-state index contributed by atoms with van der Waals surface area (Å²) in [6.45, 7) is 2.82. The van der Waals surface area contributed by atoms with Gasteiger partial charge in [-0.25, -0.2) is 4.99 Å². The molecule has 1 N–H and O–H groups in total. The highest BCUT2D eigenvalue weighted by molar-refractivity contribution is 5.68. The fourth-order valence-electron chi connectivity index (χ4n) is 2.87. The number of hydrogen-bond donors (Lipinski definition) is 1. The minimum absolute atomic E-state index is 0.162. The Morgan fingerprint density at radius 2 is 2.04 bits per heavy atom. The van der Waals surface area contributed by atoms with Crippen LogP contribution in [0.5, 0.6) is 11.5 Å². The third kappa shape index (κ3) is 5.90. The second-order valence-corrected chi connectivity index (χ2v) is 6.67. The average molecular weight is 360 g/mol. The number of nitriles is 1. The van der Waals surface area contributed by atoms with Crippen LogP contribution in [-0.4, -0.2) is 74.8 Å². The Labute approximate surface area is 155 Å². The number of benzene rings is 1. The Balaban J connectivity index is 2.06. The number of rotatable bonds is 8. The lowest BCUT2D eigenvalue weighted by Crippen LogP contribution is -2.38. The van der Waals surface area contributed by atoms with Crippen molar-refractivity contribution in [3.05, 3.63) is 17.7 Å². The number of ether oxygens (including phenoxy) is 2. The van der Waals surface area contributed by atoms with Crippen molar-refractivity contribution in [1.29, 1.82) is 5.26 Å². The van der Waals surface area contributed by atoms with Crippen molar-refractivity contribution >= 4 is 12.0 Å². The number of β-amino-alcohol motifs (C(OH)–C–C–N with tert-alkyl or cyclic N) is 1. The largest absolute Gasteiger partial charge is 0.493 e. The van der Waals surface area contributed by atoms with Gasteiger partial charge in [0.15, 0.2) is 11.5 Å². The average Bonchev–Trinajstić information content (AvgIpc) is 2.65. The molecule has 0 aliphatic carbocycles. The van der Waals surface area contributed by atoms with Gasteiger partial charge in [0.25, 0.3) is 0 Å². The van der Waals surface area contributed by atoms with Crippen LogP contribution in [0.2, 0.25) is 0 Å². The van der Waals surface area contributed by atoms with E-state index in [0.29, 0.717) is 29.3 Å². The van der Waals surface area contributed by atoms with Crippen molar-refractivity contribution in [2.24, 2.45) is 4.99 Å². The van der Waals surface area contributed by atoms with E-state index in [9.17, 15) is 10.4 Å². The molecule has 0 unspecified atom stereocenters. The highest BCUT2D eigenvalue weighted by Gasteiger charge is 2.17. The summed E-state index contributed by atoms with van der Waals surface area (Å²) in [4.78, 5) is 8.36. The minimum atomic E-state index is -0.581. The number of likely N-dealkylation sites (tertiary alicyclic amines) is 1. The normalized spacial score (nSPS) is 16.3. The van der Waals surface area contributed by atoms with E-state index in [2.05, 4.69) is 16.0 Å². The molecule has 0 amide bonds. The maximum Gasteiger partial charge on any atom is 0.163 e. The highest BCUT2D eigenvalue weighted by Crippen LogP contribution is 2.34. The van der Waals surface area contributed by atoms with Crippen LogP contribution in [0.15, 0.2) is 17.1 Å². The summed E-state index contributed by atoms with van der Waals surface area (Å²) in [6.07, 6.45) is 4.68. The lowest BCUT2D eigenvalue weighted by molar-refractivity contribution is 0.0608. The number of nitrogens with zero attached hydrogens (tertiary/aromatic N) is 4. The van der Waals surface area contributed by atoms with E-state index >= 15 is 0 Å². The van der Waals surface area contributed by atoms with Crippen molar-refractivity contribution in [2.75, 3.05) is 47.4 Å². The van der Waals surface area contributed by atoms with Crippen molar-refractivity contribution in [3.8, 4) is 17.6 Å². The molecule has 0 spiro atoms. The lowest BCUT2D eigenvalue weighted by Gasteiger charge is -2.28. The van der Waals surface area contributed by atoms with Gasteiger partial charge in [-0.15, -0.1) is 0 Å². The summed E-state index contributed by atoms with van der Waals surface area (Å²) < 4.78 is 11.1. The number of hydrogen-bond acceptors (Lipinski definition) is 6. The van der Waals surface area contributed by atoms with E-state index in [4.69, 9.17) is 9.47 Å². The topological polar surface area (TPSA) is 81.3 Å². The summed E-state index contributed by atoms with van der Waals surface area (Å²) in [5.41, 5.74) is 0.906. The van der Waals surface area contributed by atoms with E-state index in [0.717, 1.165) is 13.1 Å². The molecule has 1 heterocycles. The van der Waals surface area contributed by atoms with Crippen molar-refractivity contribution < 1.29 is 14.6 Å². The highest BCUT2D eigenvalue weighted by atomic mass is 16.5. The molecule has 2 rings (SSSR count). The van der Waals surface area contributed by atoms with Gasteiger partial charge < -0.3 is 24.4 Å². The van der Waals surface area contributed by atoms with Crippen LogP contribution in [0.1, 0.15) is 24.8 Å². The van der Waals surface area contributed by atoms with E-state index in [1.54, 1.807) is 23.4 Å². The Morgan fingerprint density at radius 1 is 1.31 bits per heavy atom. The van der Waals surface area contributed by atoms with Gasteiger partial charge in [-0.1, -0.05) is 6.42 Å². The zero-order chi connectivity index (χ0) is 18.9. The van der Waals surface area contributed by atoms with Crippen LogP contribution in [0.3, 0.4) is 0 Å². The van der Waals surface area contributed by atoms with Gasteiger partial charge in [0.2, 0.25) is 0 Å². The number of aliphatic hydroxyl groups is 1. The zero-order valence-corrected chi connectivity index (χ0v) is 15.8. The number of aliphatic hydroxyl groups excluding tert-OH is 1. The third-order valence-electron chi connectivity index (χ3n) is 4.18. The first-order valence-electron chi connectivity index (χ1n) is 8.89. The minimum Gasteiger partial charge on any atom is -0.493 e. The van der Waals surface area contributed by atoms with Crippen LogP contribution in [0.25, 0.3) is 0 Å². The van der Waals surface area contributed by atoms with E-state index in [1.165, 1.54) is 26.4 Å². The van der Waals surface area contributed by atoms with Crippen LogP contribution in [0, 0.1) is 11.3 Å². The van der Waals surface area contributed by atoms with Gasteiger partial charge in [-0.2, -0.15) is 5.26 Å². The quantitative estimate of drug-likeness (QED) is 0.564. The van der Waals surface area contributed by atoms with Gasteiger partial charge >= 0.3 is 0 Å². The van der Waals surface area contributed by atoms with Crippen molar-refractivity contribution in [2.45, 2.75) is 25.4 Å². The molecule has 1 atom stereocenters. The predicted molar refractivity (Wildman–Crippen MR) is 101 cm³/mol. The molecule has 26 heavy (non-hydrogen) atoms. The summed E-state index contributed by atoms with van der Waals surface area (Å²) in [7, 11) is 5.23. The third-order valence-corrected chi connectivity index (χ3v) is 4.18. The van der Waals surface area contributed by atoms with E-state index in [1.807, 2.05) is 14.1 Å². The van der Waals surface area contributed by atoms with Crippen molar-refractivity contribution in [1.82, 2.24) is 9.80 Å². The molecular weight excluding hydrogens is 332 g/mol. The van der Waals surface area contributed by atoms with Crippen LogP contribution in [-0.2, 0) is 0 Å². The number of aliphatic imine (C=N–C) groups is 1. The predicted octanol–water partition coefficient (Wildman–Crippen LogP) is 2.01. The molecule has 7 heteroatoms. The molecule has 1 saturated heterocycles. The van der Waals surface area contributed by atoms with Crippen LogP contribution >= 0.6 is 0 Å². The molecular formula is C19H28N4O3. The molecule has 1 aliphatic heterocycles. The summed E-state index contributed by atoms with van der Waals surface area (Å²) in [5, 5.41) is 19.6. The molecule has 1 aliphatic rings. The van der Waals surface area contributed by atoms with Crippen LogP contribution in [0.4, 0.5) is 5.69 Å². The maximum absolute atomic E-state index is 10.3. The molecule has 1 fully saturated rings.